The number of nitrogens with zero attached hydrogens (tertiary/aromatic N) is 3. The van der Waals surface area contributed by atoms with Crippen molar-refractivity contribution in [3.63, 3.8) is 0 Å². The Morgan fingerprint density at radius 3 is 2.76 bits per heavy atom. The van der Waals surface area contributed by atoms with Gasteiger partial charge in [0.2, 0.25) is 0 Å². The summed E-state index contributed by atoms with van der Waals surface area (Å²) in [5.41, 5.74) is 5.37. The monoisotopic (exact) mass is 342 g/mol. The van der Waals surface area contributed by atoms with Crippen molar-refractivity contribution in [1.82, 2.24) is 15.2 Å². The Balaban J connectivity index is 1.60. The van der Waals surface area contributed by atoms with Crippen LogP contribution in [0.1, 0.15) is 38.7 Å². The first-order valence-electron chi connectivity index (χ1n) is 9.43. The smallest absolute Gasteiger partial charge is 0.260 e. The first-order valence-corrected chi connectivity index (χ1v) is 9.43. The van der Waals surface area contributed by atoms with Crippen molar-refractivity contribution in [3.05, 3.63) is 29.8 Å². The zero-order valence-corrected chi connectivity index (χ0v) is 15.9. The molecule has 3 aliphatic heterocycles. The van der Waals surface area contributed by atoms with Gasteiger partial charge in [-0.2, -0.15) is 0 Å². The Bertz CT molecular complexity index is 688. The number of para-hydroxylation sites is 1. The van der Waals surface area contributed by atoms with Crippen molar-refractivity contribution in [1.29, 1.82) is 0 Å². The normalized spacial score (nSPS) is 31.7. The van der Waals surface area contributed by atoms with Gasteiger partial charge in [-0.1, -0.05) is 32.0 Å². The van der Waals surface area contributed by atoms with Crippen molar-refractivity contribution in [2.75, 3.05) is 38.7 Å². The molecular formula is C20H30N4O. The molecule has 2 unspecified atom stereocenters. The van der Waals surface area contributed by atoms with Gasteiger partial charge in [-0.15, -0.1) is 0 Å². The summed E-state index contributed by atoms with van der Waals surface area (Å²) in [6.07, 6.45) is 3.27. The van der Waals surface area contributed by atoms with E-state index in [1.807, 2.05) is 0 Å². The summed E-state index contributed by atoms with van der Waals surface area (Å²) in [6, 6.07) is 8.91. The molecule has 25 heavy (non-hydrogen) atoms. The molecule has 1 aromatic carbocycles. The fourth-order valence-corrected chi connectivity index (χ4v) is 5.14. The van der Waals surface area contributed by atoms with Gasteiger partial charge in [0.1, 0.15) is 5.54 Å². The van der Waals surface area contributed by atoms with E-state index in [9.17, 15) is 4.79 Å². The van der Waals surface area contributed by atoms with E-state index in [1.54, 1.807) is 0 Å². The molecule has 0 radical (unpaired) electrons. The van der Waals surface area contributed by atoms with Gasteiger partial charge in [0.15, 0.2) is 0 Å². The van der Waals surface area contributed by atoms with E-state index >= 15 is 0 Å². The van der Waals surface area contributed by atoms with E-state index in [2.05, 4.69) is 72.4 Å². The van der Waals surface area contributed by atoms with Crippen LogP contribution in [-0.4, -0.2) is 61.0 Å². The molecule has 4 rings (SSSR count). The van der Waals surface area contributed by atoms with Gasteiger partial charge in [-0.3, -0.25) is 20.1 Å². The Morgan fingerprint density at radius 1 is 1.20 bits per heavy atom. The van der Waals surface area contributed by atoms with Crippen molar-refractivity contribution in [2.45, 2.75) is 50.1 Å². The number of carbonyl (C=O) groups is 1. The summed E-state index contributed by atoms with van der Waals surface area (Å²) in [5, 5.41) is 2.07. The number of hydrazine groups is 1. The van der Waals surface area contributed by atoms with Crippen LogP contribution in [0, 0.1) is 0 Å². The molecule has 0 aliphatic carbocycles. The lowest BCUT2D eigenvalue weighted by molar-refractivity contribution is -0.145. The molecular weight excluding hydrogens is 312 g/mol. The molecule has 2 saturated heterocycles. The first-order chi connectivity index (χ1) is 11.8. The predicted octanol–water partition coefficient (Wildman–Crippen LogP) is 1.98. The maximum atomic E-state index is 13.4. The van der Waals surface area contributed by atoms with Crippen LogP contribution in [0.5, 0.6) is 0 Å². The number of amides is 1. The van der Waals surface area contributed by atoms with Crippen LogP contribution >= 0.6 is 0 Å². The van der Waals surface area contributed by atoms with Gasteiger partial charge in [0.05, 0.1) is 5.69 Å². The molecule has 2 bridgehead atoms. The minimum atomic E-state index is -0.405. The number of anilines is 1. The van der Waals surface area contributed by atoms with Gasteiger partial charge in [0, 0.05) is 31.1 Å². The van der Waals surface area contributed by atoms with Crippen molar-refractivity contribution >= 4 is 11.6 Å². The van der Waals surface area contributed by atoms with E-state index in [0.717, 1.165) is 38.2 Å². The average Bonchev–Trinajstić information content (AvgIpc) is 2.80. The quantitative estimate of drug-likeness (QED) is 0.892. The number of benzene rings is 1. The topological polar surface area (TPSA) is 38.8 Å². The highest BCUT2D eigenvalue weighted by Gasteiger charge is 2.51. The maximum Gasteiger partial charge on any atom is 0.260 e. The summed E-state index contributed by atoms with van der Waals surface area (Å²) in [7, 11) is 4.28. The number of piperazine rings is 1. The fourth-order valence-electron chi connectivity index (χ4n) is 5.14. The summed E-state index contributed by atoms with van der Waals surface area (Å²) >= 11 is 0. The van der Waals surface area contributed by atoms with Crippen molar-refractivity contribution < 1.29 is 4.79 Å². The number of hydrogen-bond donors (Lipinski definition) is 1. The molecule has 1 amide bonds. The van der Waals surface area contributed by atoms with Crippen LogP contribution in [0.25, 0.3) is 0 Å². The van der Waals surface area contributed by atoms with Crippen LogP contribution in [0.4, 0.5) is 5.69 Å². The standard InChI is InChI=1S/C20H30N4O/c1-19(2)13-24(17-10-6-5-9-16(17)19)21-18(25)20-11-7-8-15(23(20)4)12-22(3)14-20/h5-6,9-10,15H,7-8,11-14H2,1-4H3,(H,21,25). The van der Waals surface area contributed by atoms with E-state index in [0.29, 0.717) is 6.04 Å². The third-order valence-corrected chi connectivity index (χ3v) is 6.54. The van der Waals surface area contributed by atoms with E-state index in [1.165, 1.54) is 12.0 Å². The van der Waals surface area contributed by atoms with Crippen LogP contribution in [-0.2, 0) is 10.2 Å². The lowest BCUT2D eigenvalue weighted by Gasteiger charge is -2.55. The van der Waals surface area contributed by atoms with Crippen LogP contribution < -0.4 is 10.4 Å². The summed E-state index contributed by atoms with van der Waals surface area (Å²) in [4.78, 5) is 18.1. The zero-order valence-electron chi connectivity index (χ0n) is 15.9. The molecule has 0 aromatic heterocycles. The summed E-state index contributed by atoms with van der Waals surface area (Å²) < 4.78 is 0. The largest absolute Gasteiger partial charge is 0.302 e. The Morgan fingerprint density at radius 2 is 1.96 bits per heavy atom. The third kappa shape index (κ3) is 2.56. The second-order valence-electron chi connectivity index (χ2n) is 8.81. The Hall–Kier alpha value is -1.59. The van der Waals surface area contributed by atoms with Gasteiger partial charge < -0.3 is 4.90 Å². The van der Waals surface area contributed by atoms with Crippen molar-refractivity contribution in [2.24, 2.45) is 0 Å². The van der Waals surface area contributed by atoms with Crippen LogP contribution in [0.3, 0.4) is 0 Å². The molecule has 2 fully saturated rings. The second-order valence-corrected chi connectivity index (χ2v) is 8.81. The maximum absolute atomic E-state index is 13.4. The Kier molecular flexibility index (Phi) is 3.85. The molecule has 5 nitrogen and oxygen atoms in total. The molecule has 0 spiro atoms. The molecule has 1 aromatic rings. The Labute approximate surface area is 150 Å². The number of piperidine rings is 1. The zero-order chi connectivity index (χ0) is 17.8. The minimum absolute atomic E-state index is 0.0475. The highest BCUT2D eigenvalue weighted by Crippen LogP contribution is 2.40. The lowest BCUT2D eigenvalue weighted by Crippen LogP contribution is -2.72. The van der Waals surface area contributed by atoms with Crippen LogP contribution in [0.2, 0.25) is 0 Å². The molecule has 136 valence electrons. The molecule has 3 heterocycles. The van der Waals surface area contributed by atoms with E-state index < -0.39 is 5.54 Å². The van der Waals surface area contributed by atoms with Gasteiger partial charge in [-0.25, -0.2) is 0 Å². The molecule has 2 atom stereocenters. The first kappa shape index (κ1) is 16.9. The SMILES string of the molecule is CN1CC2CCCC(C(=O)NN3CC(C)(C)c4ccccc43)(C1)N2C. The number of fused-ring (bicyclic) bond motifs is 3. The third-order valence-electron chi connectivity index (χ3n) is 6.54. The summed E-state index contributed by atoms with van der Waals surface area (Å²) in [5.74, 6) is 0.152. The molecule has 0 saturated carbocycles. The van der Waals surface area contributed by atoms with Gasteiger partial charge in [-0.05, 0) is 45.0 Å². The number of likely N-dealkylation sites (N-methyl/N-ethyl adjacent to an activating group) is 2. The highest BCUT2D eigenvalue weighted by atomic mass is 16.2. The predicted molar refractivity (Wildman–Crippen MR) is 101 cm³/mol. The van der Waals surface area contributed by atoms with Gasteiger partial charge >= 0.3 is 0 Å². The number of hydrogen-bond acceptors (Lipinski definition) is 4. The van der Waals surface area contributed by atoms with Crippen LogP contribution in [0.15, 0.2) is 24.3 Å². The van der Waals surface area contributed by atoms with Crippen molar-refractivity contribution in [3.8, 4) is 0 Å². The highest BCUT2D eigenvalue weighted by molar-refractivity contribution is 5.89. The molecule has 1 N–H and O–H groups in total. The van der Waals surface area contributed by atoms with Gasteiger partial charge in [0.25, 0.3) is 5.91 Å². The molecule has 3 aliphatic rings. The molecule has 5 heteroatoms. The van der Waals surface area contributed by atoms with E-state index in [4.69, 9.17) is 0 Å². The number of likely N-dealkylation sites (tertiary alicyclic amines) is 1. The van der Waals surface area contributed by atoms with E-state index in [-0.39, 0.29) is 11.3 Å². The lowest BCUT2D eigenvalue weighted by atomic mass is 9.79. The number of carbonyl (C=O) groups excluding carboxylic acids is 1. The second kappa shape index (κ2) is 5.71. The fraction of sp³-hybridized carbons (Fsp3) is 0.650. The minimum Gasteiger partial charge on any atom is -0.302 e. The number of rotatable bonds is 2. The average molecular weight is 342 g/mol. The summed E-state index contributed by atoms with van der Waals surface area (Å²) in [6.45, 7) is 7.17. The number of nitrogens with one attached hydrogen (secondary N) is 1.